The van der Waals surface area contributed by atoms with Crippen molar-refractivity contribution in [2.75, 3.05) is 32.1 Å². The van der Waals surface area contributed by atoms with E-state index in [1.54, 1.807) is 0 Å². The number of hydrogen-bond donors (Lipinski definition) is 2. The van der Waals surface area contributed by atoms with Gasteiger partial charge in [-0.25, -0.2) is 0 Å². The Morgan fingerprint density at radius 1 is 1.32 bits per heavy atom. The minimum atomic E-state index is 0.135. The summed E-state index contributed by atoms with van der Waals surface area (Å²) in [6.45, 7) is 6.29. The van der Waals surface area contributed by atoms with Crippen LogP contribution in [0.3, 0.4) is 0 Å². The van der Waals surface area contributed by atoms with Crippen molar-refractivity contribution in [1.82, 2.24) is 4.90 Å². The monoisotopic (exact) mass is 264 g/mol. The Bertz CT molecular complexity index is 414. The highest BCUT2D eigenvalue weighted by atomic mass is 16.4. The average Bonchev–Trinajstić information content (AvgIpc) is 2.38. The summed E-state index contributed by atoms with van der Waals surface area (Å²) in [6.07, 6.45) is 0. The molecule has 0 spiro atoms. The Balaban J connectivity index is 2.88. The van der Waals surface area contributed by atoms with Crippen LogP contribution in [0.15, 0.2) is 29.4 Å². The van der Waals surface area contributed by atoms with Gasteiger partial charge in [-0.3, -0.25) is 0 Å². The fraction of sp³-hybridized carbons (Fsp3) is 0.500. The quantitative estimate of drug-likeness (QED) is 0.354. The summed E-state index contributed by atoms with van der Waals surface area (Å²) in [7, 11) is 4.15. The van der Waals surface area contributed by atoms with Gasteiger partial charge in [0.1, 0.15) is 0 Å². The number of nitrogens with two attached hydrogens (primary N) is 1. The number of hydrogen-bond acceptors (Lipinski definition) is 4. The predicted octanol–water partition coefficient (Wildman–Crippen LogP) is 1.56. The predicted molar refractivity (Wildman–Crippen MR) is 80.0 cm³/mol. The normalized spacial score (nSPS) is 13.6. The summed E-state index contributed by atoms with van der Waals surface area (Å²) in [6, 6.07) is 8.17. The lowest BCUT2D eigenvalue weighted by Crippen LogP contribution is -2.40. The van der Waals surface area contributed by atoms with E-state index in [1.807, 2.05) is 24.3 Å². The van der Waals surface area contributed by atoms with Gasteiger partial charge in [0, 0.05) is 30.4 Å². The minimum absolute atomic E-state index is 0.135. The van der Waals surface area contributed by atoms with Gasteiger partial charge in [-0.15, -0.1) is 0 Å². The van der Waals surface area contributed by atoms with Gasteiger partial charge in [-0.05, 0) is 52.2 Å². The standard InChI is InChI=1S/C14H24N4O/c1-5-18(11(2)10-17(3)4)13-8-6-12(7-9-13)14(15)16-19/h6-9,11,19H,5,10H2,1-4H3,(H2,15,16). The van der Waals surface area contributed by atoms with E-state index in [0.717, 1.165) is 24.3 Å². The molecule has 5 nitrogen and oxygen atoms in total. The molecule has 1 rings (SSSR count). The van der Waals surface area contributed by atoms with Gasteiger partial charge < -0.3 is 20.7 Å². The highest BCUT2D eigenvalue weighted by molar-refractivity contribution is 5.97. The molecule has 0 amide bonds. The van der Waals surface area contributed by atoms with Gasteiger partial charge in [-0.2, -0.15) is 0 Å². The van der Waals surface area contributed by atoms with Gasteiger partial charge in [-0.1, -0.05) is 5.16 Å². The topological polar surface area (TPSA) is 65.1 Å². The van der Waals surface area contributed by atoms with Crippen LogP contribution in [0, 0.1) is 0 Å². The molecule has 1 unspecified atom stereocenters. The molecule has 1 aromatic carbocycles. The molecule has 0 saturated carbocycles. The van der Waals surface area contributed by atoms with Crippen molar-refractivity contribution < 1.29 is 5.21 Å². The van der Waals surface area contributed by atoms with Gasteiger partial charge in [0.2, 0.25) is 0 Å². The lowest BCUT2D eigenvalue weighted by Gasteiger charge is -2.32. The van der Waals surface area contributed by atoms with Gasteiger partial charge in [0.05, 0.1) is 0 Å². The lowest BCUT2D eigenvalue weighted by molar-refractivity contribution is 0.318. The van der Waals surface area contributed by atoms with E-state index in [0.29, 0.717) is 6.04 Å². The van der Waals surface area contributed by atoms with Crippen LogP contribution >= 0.6 is 0 Å². The van der Waals surface area contributed by atoms with Crippen LogP contribution < -0.4 is 10.6 Å². The largest absolute Gasteiger partial charge is 0.409 e. The molecule has 0 saturated heterocycles. The van der Waals surface area contributed by atoms with Gasteiger partial charge in [0.15, 0.2) is 5.84 Å². The molecule has 0 aliphatic carbocycles. The molecule has 1 aromatic rings. The van der Waals surface area contributed by atoms with Crippen LogP contribution in [0.4, 0.5) is 5.69 Å². The number of anilines is 1. The molecule has 0 fully saturated rings. The highest BCUT2D eigenvalue weighted by Crippen LogP contribution is 2.18. The number of likely N-dealkylation sites (N-methyl/N-ethyl adjacent to an activating group) is 2. The molecule has 5 heteroatoms. The van der Waals surface area contributed by atoms with Crippen LogP contribution in [-0.2, 0) is 0 Å². The first-order valence-corrected chi connectivity index (χ1v) is 6.49. The summed E-state index contributed by atoms with van der Waals surface area (Å²) in [4.78, 5) is 4.51. The zero-order chi connectivity index (χ0) is 14.4. The summed E-state index contributed by atoms with van der Waals surface area (Å²) >= 11 is 0. The van der Waals surface area contributed by atoms with Crippen molar-refractivity contribution in [1.29, 1.82) is 0 Å². The van der Waals surface area contributed by atoms with E-state index < -0.39 is 0 Å². The summed E-state index contributed by atoms with van der Waals surface area (Å²) in [5.41, 5.74) is 7.43. The van der Waals surface area contributed by atoms with Crippen molar-refractivity contribution in [2.45, 2.75) is 19.9 Å². The smallest absolute Gasteiger partial charge is 0.170 e. The molecule has 0 aliphatic heterocycles. The van der Waals surface area contributed by atoms with Crippen molar-refractivity contribution in [3.05, 3.63) is 29.8 Å². The van der Waals surface area contributed by atoms with E-state index >= 15 is 0 Å². The second-order valence-electron chi connectivity index (χ2n) is 4.93. The van der Waals surface area contributed by atoms with Crippen LogP contribution in [-0.4, -0.2) is 49.2 Å². The Labute approximate surface area is 115 Å². The van der Waals surface area contributed by atoms with Crippen LogP contribution in [0.5, 0.6) is 0 Å². The highest BCUT2D eigenvalue weighted by Gasteiger charge is 2.13. The van der Waals surface area contributed by atoms with E-state index in [9.17, 15) is 0 Å². The van der Waals surface area contributed by atoms with Gasteiger partial charge in [0.25, 0.3) is 0 Å². The Hall–Kier alpha value is -1.75. The number of nitrogens with zero attached hydrogens (tertiary/aromatic N) is 3. The fourth-order valence-electron chi connectivity index (χ4n) is 2.26. The van der Waals surface area contributed by atoms with Crippen molar-refractivity contribution >= 4 is 11.5 Å². The van der Waals surface area contributed by atoms with Crippen molar-refractivity contribution in [3.63, 3.8) is 0 Å². The molecule has 0 radical (unpaired) electrons. The maximum Gasteiger partial charge on any atom is 0.170 e. The Morgan fingerprint density at radius 3 is 2.32 bits per heavy atom. The second kappa shape index (κ2) is 6.99. The first kappa shape index (κ1) is 15.3. The van der Waals surface area contributed by atoms with Crippen LogP contribution in [0.2, 0.25) is 0 Å². The van der Waals surface area contributed by atoms with Crippen molar-refractivity contribution in [2.24, 2.45) is 10.9 Å². The molecule has 0 aromatic heterocycles. The zero-order valence-electron chi connectivity index (χ0n) is 12.2. The van der Waals surface area contributed by atoms with Crippen molar-refractivity contribution in [3.8, 4) is 0 Å². The maximum absolute atomic E-state index is 8.65. The Kier molecular flexibility index (Phi) is 5.63. The third-order valence-corrected chi connectivity index (χ3v) is 3.10. The van der Waals surface area contributed by atoms with E-state index in [1.165, 1.54) is 0 Å². The lowest BCUT2D eigenvalue weighted by atomic mass is 10.1. The average molecular weight is 264 g/mol. The molecular formula is C14H24N4O. The third kappa shape index (κ3) is 4.13. The Morgan fingerprint density at radius 2 is 1.89 bits per heavy atom. The zero-order valence-corrected chi connectivity index (χ0v) is 12.2. The SMILES string of the molecule is CCN(c1ccc(/C(N)=N/O)cc1)C(C)CN(C)C. The molecule has 0 aliphatic rings. The summed E-state index contributed by atoms with van der Waals surface area (Å²) in [5, 5.41) is 11.6. The summed E-state index contributed by atoms with van der Waals surface area (Å²) in [5.74, 6) is 0.135. The first-order chi connectivity index (χ1) is 8.99. The maximum atomic E-state index is 8.65. The van der Waals surface area contributed by atoms with E-state index in [4.69, 9.17) is 10.9 Å². The number of amidine groups is 1. The number of oxime groups is 1. The first-order valence-electron chi connectivity index (χ1n) is 6.49. The second-order valence-corrected chi connectivity index (χ2v) is 4.93. The van der Waals surface area contributed by atoms with E-state index in [-0.39, 0.29) is 5.84 Å². The summed E-state index contributed by atoms with van der Waals surface area (Å²) < 4.78 is 0. The number of benzene rings is 1. The minimum Gasteiger partial charge on any atom is -0.409 e. The molecular weight excluding hydrogens is 240 g/mol. The molecule has 19 heavy (non-hydrogen) atoms. The van der Waals surface area contributed by atoms with Gasteiger partial charge >= 0.3 is 0 Å². The molecule has 0 bridgehead atoms. The number of rotatable bonds is 6. The fourth-order valence-corrected chi connectivity index (χ4v) is 2.26. The third-order valence-electron chi connectivity index (χ3n) is 3.10. The molecule has 106 valence electrons. The molecule has 3 N–H and O–H groups in total. The molecule has 1 atom stereocenters. The molecule has 0 heterocycles. The van der Waals surface area contributed by atoms with Crippen LogP contribution in [0.1, 0.15) is 19.4 Å². The van der Waals surface area contributed by atoms with Crippen LogP contribution in [0.25, 0.3) is 0 Å². The van der Waals surface area contributed by atoms with E-state index in [2.05, 4.69) is 42.9 Å².